The van der Waals surface area contributed by atoms with Gasteiger partial charge in [0, 0.05) is 38.2 Å². The van der Waals surface area contributed by atoms with Crippen LogP contribution in [0.25, 0.3) is 0 Å². The fourth-order valence-corrected chi connectivity index (χ4v) is 3.17. The van der Waals surface area contributed by atoms with Crippen LogP contribution in [0.5, 0.6) is 0 Å². The fraction of sp³-hybridized carbons (Fsp3) is 0.765. The van der Waals surface area contributed by atoms with Crippen molar-refractivity contribution in [2.75, 3.05) is 32.8 Å². The van der Waals surface area contributed by atoms with Gasteiger partial charge in [-0.15, -0.1) is 0 Å². The van der Waals surface area contributed by atoms with E-state index in [4.69, 9.17) is 4.55 Å². The molecule has 0 spiro atoms. The standard InChI is InChI=1S/C17H23F7N2O7S/c1-11(2)12(27)33-15(16(20,21)22,13(28)26-8-6-25-7-9-26)32-10-4-3-5-14(18,19)17(23,24)34(29,30)31/h25H,1,3-10H2,2H3,(H,29,30,31). The van der Waals surface area contributed by atoms with E-state index in [1.165, 1.54) is 0 Å². The van der Waals surface area contributed by atoms with E-state index in [0.29, 0.717) is 4.90 Å². The lowest BCUT2D eigenvalue weighted by atomic mass is 10.1. The average Bonchev–Trinajstić information content (AvgIpc) is 2.70. The molecule has 1 atom stereocenters. The fourth-order valence-electron chi connectivity index (χ4n) is 2.69. The van der Waals surface area contributed by atoms with Gasteiger partial charge in [-0.1, -0.05) is 6.58 Å². The van der Waals surface area contributed by atoms with Crippen LogP contribution >= 0.6 is 0 Å². The molecule has 0 aliphatic carbocycles. The van der Waals surface area contributed by atoms with Gasteiger partial charge in [-0.25, -0.2) is 4.79 Å². The number of carbonyl (C=O) groups is 2. The van der Waals surface area contributed by atoms with Crippen molar-refractivity contribution >= 4 is 22.0 Å². The highest BCUT2D eigenvalue weighted by atomic mass is 32.2. The largest absolute Gasteiger partial charge is 0.466 e. The van der Waals surface area contributed by atoms with E-state index >= 15 is 0 Å². The minimum absolute atomic E-state index is 0.116. The number of halogens is 7. The summed E-state index contributed by atoms with van der Waals surface area (Å²) in [6.07, 6.45) is -9.32. The number of rotatable bonds is 11. The number of esters is 1. The summed E-state index contributed by atoms with van der Waals surface area (Å²) in [7, 11) is -6.48. The van der Waals surface area contributed by atoms with Crippen LogP contribution in [-0.4, -0.2) is 85.7 Å². The van der Waals surface area contributed by atoms with Gasteiger partial charge in [0.2, 0.25) is 0 Å². The van der Waals surface area contributed by atoms with Gasteiger partial charge < -0.3 is 19.7 Å². The zero-order valence-electron chi connectivity index (χ0n) is 17.8. The summed E-state index contributed by atoms with van der Waals surface area (Å²) in [6.45, 7) is 2.76. The predicted molar refractivity (Wildman–Crippen MR) is 100 cm³/mol. The molecule has 0 bridgehead atoms. The summed E-state index contributed by atoms with van der Waals surface area (Å²) in [6, 6.07) is 0. The monoisotopic (exact) mass is 532 g/mol. The van der Waals surface area contributed by atoms with E-state index in [9.17, 15) is 48.7 Å². The molecule has 1 heterocycles. The highest BCUT2D eigenvalue weighted by Gasteiger charge is 2.68. The molecule has 1 fully saturated rings. The number of nitrogens with zero attached hydrogens (tertiary/aromatic N) is 1. The summed E-state index contributed by atoms with van der Waals surface area (Å²) in [5.41, 5.74) is -0.516. The Balaban J connectivity index is 3.05. The van der Waals surface area contributed by atoms with Gasteiger partial charge >= 0.3 is 45.1 Å². The van der Waals surface area contributed by atoms with Gasteiger partial charge in [0.05, 0.1) is 6.61 Å². The zero-order chi connectivity index (χ0) is 26.6. The molecular weight excluding hydrogens is 509 g/mol. The first-order valence-corrected chi connectivity index (χ1v) is 11.1. The zero-order valence-corrected chi connectivity index (χ0v) is 18.6. The Hall–Kier alpha value is -1.98. The van der Waals surface area contributed by atoms with Gasteiger partial charge in [-0.3, -0.25) is 9.35 Å². The smallest absolute Gasteiger partial charge is 0.412 e. The van der Waals surface area contributed by atoms with Crippen LogP contribution in [-0.2, 0) is 29.2 Å². The third-order valence-electron chi connectivity index (χ3n) is 4.58. The second kappa shape index (κ2) is 10.7. The van der Waals surface area contributed by atoms with Gasteiger partial charge in [-0.05, 0) is 19.8 Å². The number of ether oxygens (including phenoxy) is 2. The maximum Gasteiger partial charge on any atom is 0.466 e. The molecular formula is C17H23F7N2O7S. The van der Waals surface area contributed by atoms with E-state index in [0.717, 1.165) is 6.92 Å². The number of hydrogen-bond acceptors (Lipinski definition) is 7. The van der Waals surface area contributed by atoms with E-state index < -0.39 is 76.6 Å². The predicted octanol–water partition coefficient (Wildman–Crippen LogP) is 2.10. The average molecular weight is 532 g/mol. The summed E-state index contributed by atoms with van der Waals surface area (Å²) >= 11 is 0. The molecule has 198 valence electrons. The van der Waals surface area contributed by atoms with Crippen LogP contribution in [0.1, 0.15) is 26.2 Å². The Kier molecular flexibility index (Phi) is 9.49. The van der Waals surface area contributed by atoms with Crippen LogP contribution in [0.3, 0.4) is 0 Å². The van der Waals surface area contributed by atoms with Crippen LogP contribution in [0.15, 0.2) is 12.2 Å². The van der Waals surface area contributed by atoms with Gasteiger partial charge in [-0.2, -0.15) is 39.2 Å². The topological polar surface area (TPSA) is 122 Å². The van der Waals surface area contributed by atoms with Crippen molar-refractivity contribution in [1.82, 2.24) is 10.2 Å². The normalized spacial score (nSPS) is 17.7. The number of alkyl halides is 7. The van der Waals surface area contributed by atoms with Crippen molar-refractivity contribution in [3.63, 3.8) is 0 Å². The van der Waals surface area contributed by atoms with Gasteiger partial charge in [0.25, 0.3) is 0 Å². The Labute approximate surface area is 190 Å². The molecule has 1 amide bonds. The maximum atomic E-state index is 14.0. The molecule has 34 heavy (non-hydrogen) atoms. The van der Waals surface area contributed by atoms with E-state index in [1.807, 2.05) is 0 Å². The molecule has 1 rings (SSSR count). The van der Waals surface area contributed by atoms with E-state index in [1.54, 1.807) is 0 Å². The third kappa shape index (κ3) is 6.57. The molecule has 2 N–H and O–H groups in total. The molecule has 0 aromatic rings. The van der Waals surface area contributed by atoms with Gasteiger partial charge in [0.15, 0.2) is 0 Å². The maximum absolute atomic E-state index is 14.0. The third-order valence-corrected chi connectivity index (χ3v) is 5.53. The lowest BCUT2D eigenvalue weighted by molar-refractivity contribution is -0.350. The molecule has 1 saturated heterocycles. The quantitative estimate of drug-likeness (QED) is 0.104. The molecule has 0 aromatic heterocycles. The molecule has 0 radical (unpaired) electrons. The molecule has 1 aliphatic heterocycles. The second-order valence-electron chi connectivity index (χ2n) is 7.33. The van der Waals surface area contributed by atoms with Crippen LogP contribution < -0.4 is 5.32 Å². The minimum atomic E-state index is -6.48. The Morgan fingerprint density at radius 3 is 2.03 bits per heavy atom. The van der Waals surface area contributed by atoms with Crippen LogP contribution in [0.2, 0.25) is 0 Å². The molecule has 1 aliphatic rings. The summed E-state index contributed by atoms with van der Waals surface area (Å²) in [4.78, 5) is 25.3. The number of amides is 1. The van der Waals surface area contributed by atoms with E-state index in [2.05, 4.69) is 21.4 Å². The van der Waals surface area contributed by atoms with Crippen molar-refractivity contribution in [3.8, 4) is 0 Å². The van der Waals surface area contributed by atoms with Crippen LogP contribution in [0, 0.1) is 0 Å². The van der Waals surface area contributed by atoms with Crippen molar-refractivity contribution in [2.24, 2.45) is 0 Å². The number of carbonyl (C=O) groups excluding carboxylic acids is 2. The van der Waals surface area contributed by atoms with Crippen LogP contribution in [0.4, 0.5) is 30.7 Å². The number of unbranched alkanes of at least 4 members (excludes halogenated alkanes) is 1. The minimum Gasteiger partial charge on any atom is -0.412 e. The summed E-state index contributed by atoms with van der Waals surface area (Å²) in [5, 5.41) is -3.06. The Morgan fingerprint density at radius 1 is 1.06 bits per heavy atom. The van der Waals surface area contributed by atoms with Crippen molar-refractivity contribution in [3.05, 3.63) is 12.2 Å². The highest BCUT2D eigenvalue weighted by molar-refractivity contribution is 7.87. The molecule has 0 saturated carbocycles. The van der Waals surface area contributed by atoms with E-state index in [-0.39, 0.29) is 26.2 Å². The number of hydrogen-bond donors (Lipinski definition) is 2. The first-order chi connectivity index (χ1) is 15.3. The first-order valence-electron chi connectivity index (χ1n) is 9.62. The summed E-state index contributed by atoms with van der Waals surface area (Å²) in [5.74, 6) is -12.9. The lowest BCUT2D eigenvalue weighted by Gasteiger charge is -2.38. The molecule has 9 nitrogen and oxygen atoms in total. The second-order valence-corrected chi connectivity index (χ2v) is 8.79. The van der Waals surface area contributed by atoms with Crippen molar-refractivity contribution in [2.45, 2.75) is 49.3 Å². The SMILES string of the molecule is C=C(C)C(=O)OC(OCCCCC(F)(F)C(F)(F)S(=O)(=O)O)(C(=O)N1CCNCC1)C(F)(F)F. The number of piperazine rings is 1. The Morgan fingerprint density at radius 2 is 1.59 bits per heavy atom. The molecule has 0 aromatic carbocycles. The Bertz CT molecular complexity index is 874. The van der Waals surface area contributed by atoms with Gasteiger partial charge in [0.1, 0.15) is 0 Å². The number of nitrogens with one attached hydrogen (secondary N) is 1. The first kappa shape index (κ1) is 30.1. The van der Waals surface area contributed by atoms with Crippen molar-refractivity contribution < 1.29 is 62.8 Å². The summed E-state index contributed by atoms with van der Waals surface area (Å²) < 4.78 is 134. The highest BCUT2D eigenvalue weighted by Crippen LogP contribution is 2.42. The van der Waals surface area contributed by atoms with Crippen molar-refractivity contribution in [1.29, 1.82) is 0 Å². The molecule has 1 unspecified atom stereocenters. The lowest BCUT2D eigenvalue weighted by Crippen LogP contribution is -2.64. The molecule has 17 heteroatoms.